The number of aromatic nitrogens is 2. The van der Waals surface area contributed by atoms with Crippen molar-refractivity contribution in [1.29, 1.82) is 0 Å². The summed E-state index contributed by atoms with van der Waals surface area (Å²) in [4.78, 5) is 0. The number of hydrogen-bond acceptors (Lipinski definition) is 2. The predicted octanol–water partition coefficient (Wildman–Crippen LogP) is 3.80. The van der Waals surface area contributed by atoms with Gasteiger partial charge in [0, 0.05) is 28.8 Å². The molecule has 6 heteroatoms. The molecule has 108 valence electrons. The van der Waals surface area contributed by atoms with Crippen molar-refractivity contribution in [2.45, 2.75) is 32.9 Å². The summed E-state index contributed by atoms with van der Waals surface area (Å²) in [7, 11) is 0. The third-order valence-electron chi connectivity index (χ3n) is 2.65. The van der Waals surface area contributed by atoms with Crippen molar-refractivity contribution in [3.63, 3.8) is 0 Å². The normalized spacial score (nSPS) is 11.9. The fourth-order valence-corrected chi connectivity index (χ4v) is 2.28. The lowest BCUT2D eigenvalue weighted by Gasteiger charge is -2.19. The zero-order valence-corrected chi connectivity index (χ0v) is 13.1. The van der Waals surface area contributed by atoms with Crippen molar-refractivity contribution in [1.82, 2.24) is 15.1 Å². The van der Waals surface area contributed by atoms with Crippen molar-refractivity contribution in [3.8, 4) is 5.69 Å². The second kappa shape index (κ2) is 5.61. The van der Waals surface area contributed by atoms with Gasteiger partial charge in [-0.25, -0.2) is 13.5 Å². The Bertz CT molecular complexity index is 594. The maximum absolute atomic E-state index is 13.8. The summed E-state index contributed by atoms with van der Waals surface area (Å²) in [6.45, 7) is 6.75. The van der Waals surface area contributed by atoms with Gasteiger partial charge in [0.1, 0.15) is 11.5 Å². The number of nitrogens with zero attached hydrogens (tertiary/aromatic N) is 2. The maximum atomic E-state index is 13.8. The Hall–Kier alpha value is -1.27. The standard InChI is InChI=1S/C14H16BrF2N3/c1-14(2,3)18-8-10-4-5-20(19-10)13-11(15)6-9(16)7-12(13)17/h4-7,18H,8H2,1-3H3. The summed E-state index contributed by atoms with van der Waals surface area (Å²) in [5.74, 6) is -1.28. The molecule has 0 saturated carbocycles. The van der Waals surface area contributed by atoms with E-state index in [9.17, 15) is 8.78 Å². The third-order valence-corrected chi connectivity index (χ3v) is 3.26. The van der Waals surface area contributed by atoms with Crippen LogP contribution in [-0.2, 0) is 6.54 Å². The van der Waals surface area contributed by atoms with Crippen molar-refractivity contribution in [2.75, 3.05) is 0 Å². The molecule has 0 unspecified atom stereocenters. The van der Waals surface area contributed by atoms with Crippen LogP contribution in [0.25, 0.3) is 5.69 Å². The minimum Gasteiger partial charge on any atom is -0.306 e. The third kappa shape index (κ3) is 3.64. The zero-order valence-electron chi connectivity index (χ0n) is 11.5. The van der Waals surface area contributed by atoms with Gasteiger partial charge in [0.25, 0.3) is 0 Å². The fourth-order valence-electron chi connectivity index (χ4n) is 1.69. The van der Waals surface area contributed by atoms with Crippen LogP contribution in [-0.4, -0.2) is 15.3 Å². The second-order valence-electron chi connectivity index (χ2n) is 5.57. The largest absolute Gasteiger partial charge is 0.306 e. The summed E-state index contributed by atoms with van der Waals surface area (Å²) in [5.41, 5.74) is 0.967. The number of rotatable bonds is 3. The van der Waals surface area contributed by atoms with Crippen molar-refractivity contribution in [2.24, 2.45) is 0 Å². The predicted molar refractivity (Wildman–Crippen MR) is 77.8 cm³/mol. The van der Waals surface area contributed by atoms with E-state index in [1.54, 1.807) is 12.3 Å². The minimum absolute atomic E-state index is 0.0223. The molecule has 0 aliphatic rings. The Balaban J connectivity index is 2.25. The van der Waals surface area contributed by atoms with E-state index in [4.69, 9.17) is 0 Å². The first kappa shape index (κ1) is 15.1. The van der Waals surface area contributed by atoms with Gasteiger partial charge in [0.15, 0.2) is 5.82 Å². The van der Waals surface area contributed by atoms with Crippen LogP contribution in [0.1, 0.15) is 26.5 Å². The molecule has 0 aliphatic heterocycles. The molecule has 1 heterocycles. The average Bonchev–Trinajstić information content (AvgIpc) is 2.72. The van der Waals surface area contributed by atoms with Crippen LogP contribution < -0.4 is 5.32 Å². The Morgan fingerprint density at radius 2 is 2.00 bits per heavy atom. The van der Waals surface area contributed by atoms with Crippen LogP contribution >= 0.6 is 15.9 Å². The number of benzene rings is 1. The Labute approximate surface area is 125 Å². The molecule has 20 heavy (non-hydrogen) atoms. The molecular weight excluding hydrogens is 328 g/mol. The Morgan fingerprint density at radius 1 is 1.30 bits per heavy atom. The molecule has 1 N–H and O–H groups in total. The van der Waals surface area contributed by atoms with E-state index in [2.05, 4.69) is 47.1 Å². The molecule has 0 amide bonds. The molecule has 0 radical (unpaired) electrons. The monoisotopic (exact) mass is 343 g/mol. The second-order valence-corrected chi connectivity index (χ2v) is 6.43. The molecule has 0 fully saturated rings. The molecule has 0 bridgehead atoms. The molecule has 3 nitrogen and oxygen atoms in total. The topological polar surface area (TPSA) is 29.9 Å². The van der Waals surface area contributed by atoms with Crippen LogP contribution in [0.2, 0.25) is 0 Å². The Morgan fingerprint density at radius 3 is 2.60 bits per heavy atom. The molecule has 1 aromatic carbocycles. The highest BCUT2D eigenvalue weighted by molar-refractivity contribution is 9.10. The van der Waals surface area contributed by atoms with Gasteiger partial charge in [-0.05, 0) is 48.8 Å². The highest BCUT2D eigenvalue weighted by Gasteiger charge is 2.14. The number of hydrogen-bond donors (Lipinski definition) is 1. The van der Waals surface area contributed by atoms with Gasteiger partial charge in [-0.15, -0.1) is 0 Å². The highest BCUT2D eigenvalue weighted by Crippen LogP contribution is 2.25. The van der Waals surface area contributed by atoms with E-state index in [0.717, 1.165) is 11.8 Å². The van der Waals surface area contributed by atoms with Crippen molar-refractivity contribution < 1.29 is 8.78 Å². The molecule has 2 aromatic rings. The molecule has 0 saturated heterocycles. The van der Waals surface area contributed by atoms with Crippen LogP contribution in [0.15, 0.2) is 28.9 Å². The Kier molecular flexibility index (Phi) is 4.25. The lowest BCUT2D eigenvalue weighted by atomic mass is 10.1. The van der Waals surface area contributed by atoms with Gasteiger partial charge < -0.3 is 5.32 Å². The zero-order chi connectivity index (χ0) is 14.9. The smallest absolute Gasteiger partial charge is 0.152 e. The van der Waals surface area contributed by atoms with Gasteiger partial charge >= 0.3 is 0 Å². The average molecular weight is 344 g/mol. The SMILES string of the molecule is CC(C)(C)NCc1ccn(-c2c(F)cc(F)cc2Br)n1. The van der Waals surface area contributed by atoms with Crippen molar-refractivity contribution in [3.05, 3.63) is 46.2 Å². The van der Waals surface area contributed by atoms with Crippen LogP contribution in [0, 0.1) is 11.6 Å². The summed E-state index contributed by atoms with van der Waals surface area (Å²) in [6, 6.07) is 3.86. The van der Waals surface area contributed by atoms with Crippen LogP contribution in [0.5, 0.6) is 0 Å². The van der Waals surface area contributed by atoms with Gasteiger partial charge in [-0.3, -0.25) is 0 Å². The summed E-state index contributed by atoms with van der Waals surface area (Å²) in [5, 5.41) is 7.60. The van der Waals surface area contributed by atoms with Gasteiger partial charge in [-0.1, -0.05) is 0 Å². The quantitative estimate of drug-likeness (QED) is 0.918. The molecule has 0 spiro atoms. The summed E-state index contributed by atoms with van der Waals surface area (Å²) >= 11 is 3.16. The van der Waals surface area contributed by atoms with E-state index >= 15 is 0 Å². The van der Waals surface area contributed by atoms with E-state index < -0.39 is 11.6 Å². The first-order valence-corrected chi connectivity index (χ1v) is 7.00. The first-order chi connectivity index (χ1) is 9.26. The lowest BCUT2D eigenvalue weighted by Crippen LogP contribution is -2.35. The highest BCUT2D eigenvalue weighted by atomic mass is 79.9. The van der Waals surface area contributed by atoms with Gasteiger partial charge in [0.2, 0.25) is 0 Å². The van der Waals surface area contributed by atoms with Gasteiger partial charge in [0.05, 0.1) is 5.69 Å². The van der Waals surface area contributed by atoms with Crippen LogP contribution in [0.3, 0.4) is 0 Å². The molecule has 0 atom stereocenters. The van der Waals surface area contributed by atoms with E-state index in [1.807, 2.05) is 0 Å². The van der Waals surface area contributed by atoms with Crippen molar-refractivity contribution >= 4 is 15.9 Å². The summed E-state index contributed by atoms with van der Waals surface area (Å²) in [6.07, 6.45) is 1.65. The number of halogens is 3. The number of nitrogens with one attached hydrogen (secondary N) is 1. The maximum Gasteiger partial charge on any atom is 0.152 e. The molecule has 1 aromatic heterocycles. The minimum atomic E-state index is -0.657. The van der Waals surface area contributed by atoms with Crippen LogP contribution in [0.4, 0.5) is 8.78 Å². The van der Waals surface area contributed by atoms with E-state index in [-0.39, 0.29) is 11.2 Å². The lowest BCUT2D eigenvalue weighted by molar-refractivity contribution is 0.420. The van der Waals surface area contributed by atoms with E-state index in [0.29, 0.717) is 11.0 Å². The fraction of sp³-hybridized carbons (Fsp3) is 0.357. The molecule has 2 rings (SSSR count). The molecular formula is C14H16BrF2N3. The first-order valence-electron chi connectivity index (χ1n) is 6.21. The van der Waals surface area contributed by atoms with E-state index in [1.165, 1.54) is 10.7 Å². The van der Waals surface area contributed by atoms with Gasteiger partial charge in [-0.2, -0.15) is 5.10 Å². The summed E-state index contributed by atoms with van der Waals surface area (Å²) < 4.78 is 28.6. The molecule has 0 aliphatic carbocycles.